The third kappa shape index (κ3) is 8.21. The van der Waals surface area contributed by atoms with Crippen molar-refractivity contribution in [1.82, 2.24) is 15.3 Å². The minimum atomic E-state index is -0.00857. The van der Waals surface area contributed by atoms with Crippen LogP contribution in [0.3, 0.4) is 0 Å². The van der Waals surface area contributed by atoms with Crippen LogP contribution in [0.25, 0.3) is 0 Å². The molecular weight excluding hydrogens is 272 g/mol. The van der Waals surface area contributed by atoms with Gasteiger partial charge in [0.15, 0.2) is 0 Å². The Morgan fingerprint density at radius 1 is 1.24 bits per heavy atom. The van der Waals surface area contributed by atoms with Crippen LogP contribution in [0.15, 0.2) is 6.07 Å². The number of carbonyl (C=O) groups is 1. The Labute approximate surface area is 125 Å². The molecule has 0 atom stereocenters. The number of hydrogen-bond acceptors (Lipinski definition) is 6. The van der Waals surface area contributed by atoms with E-state index in [0.717, 1.165) is 11.4 Å². The molecule has 21 heavy (non-hydrogen) atoms. The van der Waals surface area contributed by atoms with Gasteiger partial charge in [0, 0.05) is 30.9 Å². The van der Waals surface area contributed by atoms with Crippen LogP contribution in [0.5, 0.6) is 0 Å². The second-order valence-electron chi connectivity index (χ2n) is 4.69. The molecule has 0 aliphatic carbocycles. The number of ether oxygens (including phenoxy) is 1. The van der Waals surface area contributed by atoms with Crippen molar-refractivity contribution in [3.8, 4) is 0 Å². The third-order valence-corrected chi connectivity index (χ3v) is 2.65. The molecule has 0 unspecified atom stereocenters. The van der Waals surface area contributed by atoms with E-state index in [1.807, 2.05) is 19.9 Å². The molecule has 0 aliphatic rings. The molecule has 1 aromatic heterocycles. The van der Waals surface area contributed by atoms with Crippen molar-refractivity contribution in [2.24, 2.45) is 0 Å². The number of aryl methyl sites for hydroxylation is 2. The molecule has 1 heterocycles. The fourth-order valence-electron chi connectivity index (χ4n) is 1.77. The zero-order chi connectivity index (χ0) is 15.5. The Hall–Kier alpha value is -1.73. The summed E-state index contributed by atoms with van der Waals surface area (Å²) >= 11 is 0. The first kappa shape index (κ1) is 17.3. The summed E-state index contributed by atoms with van der Waals surface area (Å²) < 4.78 is 5.05. The van der Waals surface area contributed by atoms with Crippen LogP contribution in [-0.2, 0) is 9.53 Å². The van der Waals surface area contributed by atoms with Gasteiger partial charge in [-0.05, 0) is 26.3 Å². The molecule has 7 heteroatoms. The number of hydrogen-bond donors (Lipinski definition) is 3. The van der Waals surface area contributed by atoms with Crippen molar-refractivity contribution in [1.29, 1.82) is 0 Å². The number of nitrogens with one attached hydrogen (secondary N) is 2. The molecule has 0 radical (unpaired) electrons. The highest BCUT2D eigenvalue weighted by Crippen LogP contribution is 2.03. The predicted octanol–water partition coefficient (Wildman–Crippen LogP) is 0.411. The van der Waals surface area contributed by atoms with Gasteiger partial charge in [-0.1, -0.05) is 0 Å². The summed E-state index contributed by atoms with van der Waals surface area (Å²) in [5.41, 5.74) is 1.84. The molecule has 0 saturated heterocycles. The Morgan fingerprint density at radius 3 is 2.62 bits per heavy atom. The lowest BCUT2D eigenvalue weighted by Crippen LogP contribution is -2.27. The first-order valence-electron chi connectivity index (χ1n) is 7.13. The first-order valence-corrected chi connectivity index (χ1v) is 7.13. The van der Waals surface area contributed by atoms with Crippen LogP contribution < -0.4 is 10.6 Å². The van der Waals surface area contributed by atoms with Crippen molar-refractivity contribution in [2.75, 3.05) is 38.2 Å². The number of nitrogens with zero attached hydrogens (tertiary/aromatic N) is 2. The highest BCUT2D eigenvalue weighted by molar-refractivity contribution is 5.75. The molecule has 1 rings (SSSR count). The number of rotatable bonds is 10. The fourth-order valence-corrected chi connectivity index (χ4v) is 1.77. The van der Waals surface area contributed by atoms with Crippen molar-refractivity contribution in [3.63, 3.8) is 0 Å². The Morgan fingerprint density at radius 2 is 1.95 bits per heavy atom. The van der Waals surface area contributed by atoms with Gasteiger partial charge in [0.25, 0.3) is 0 Å². The fraction of sp³-hybridized carbons (Fsp3) is 0.643. The van der Waals surface area contributed by atoms with Crippen molar-refractivity contribution >= 4 is 11.9 Å². The van der Waals surface area contributed by atoms with E-state index in [1.54, 1.807) is 0 Å². The van der Waals surface area contributed by atoms with Gasteiger partial charge in [-0.25, -0.2) is 9.97 Å². The maximum atomic E-state index is 11.5. The molecule has 1 amide bonds. The van der Waals surface area contributed by atoms with Gasteiger partial charge >= 0.3 is 0 Å². The second-order valence-corrected chi connectivity index (χ2v) is 4.69. The van der Waals surface area contributed by atoms with Crippen molar-refractivity contribution in [3.05, 3.63) is 17.5 Å². The van der Waals surface area contributed by atoms with Gasteiger partial charge in [0.05, 0.1) is 19.8 Å². The summed E-state index contributed by atoms with van der Waals surface area (Å²) in [5, 5.41) is 14.4. The lowest BCUT2D eigenvalue weighted by Gasteiger charge is -2.07. The van der Waals surface area contributed by atoms with Gasteiger partial charge in [0.2, 0.25) is 11.9 Å². The van der Waals surface area contributed by atoms with E-state index in [9.17, 15) is 4.79 Å². The molecule has 1 aromatic rings. The van der Waals surface area contributed by atoms with Gasteiger partial charge in [-0.3, -0.25) is 4.79 Å². The summed E-state index contributed by atoms with van der Waals surface area (Å²) in [6, 6.07) is 1.91. The number of aromatic nitrogens is 2. The molecule has 0 fully saturated rings. The van der Waals surface area contributed by atoms with Crippen LogP contribution in [0.2, 0.25) is 0 Å². The van der Waals surface area contributed by atoms with E-state index in [2.05, 4.69) is 20.6 Å². The minimum absolute atomic E-state index is 0.000120. The van der Waals surface area contributed by atoms with Crippen molar-refractivity contribution in [2.45, 2.75) is 26.7 Å². The van der Waals surface area contributed by atoms with Gasteiger partial charge in [0.1, 0.15) is 0 Å². The van der Waals surface area contributed by atoms with E-state index in [1.165, 1.54) is 0 Å². The summed E-state index contributed by atoms with van der Waals surface area (Å²) in [5.74, 6) is 0.594. The van der Waals surface area contributed by atoms with Crippen LogP contribution in [-0.4, -0.2) is 53.9 Å². The minimum Gasteiger partial charge on any atom is -0.394 e. The zero-order valence-corrected chi connectivity index (χ0v) is 12.7. The normalized spacial score (nSPS) is 10.4. The number of aliphatic hydroxyl groups excluding tert-OH is 1. The van der Waals surface area contributed by atoms with Crippen LogP contribution >= 0.6 is 0 Å². The van der Waals surface area contributed by atoms with Crippen LogP contribution in [0.4, 0.5) is 5.95 Å². The van der Waals surface area contributed by atoms with E-state index in [4.69, 9.17) is 9.84 Å². The largest absolute Gasteiger partial charge is 0.394 e. The van der Waals surface area contributed by atoms with Gasteiger partial charge < -0.3 is 20.5 Å². The molecule has 3 N–H and O–H groups in total. The SMILES string of the molecule is Cc1cc(C)nc(NCCCC(=O)NCCOCCO)n1. The average Bonchev–Trinajstić information content (AvgIpc) is 2.42. The van der Waals surface area contributed by atoms with Crippen LogP contribution in [0, 0.1) is 13.8 Å². The maximum absolute atomic E-state index is 11.5. The standard InChI is InChI=1S/C14H24N4O3/c1-11-10-12(2)18-14(17-11)16-5-3-4-13(20)15-6-8-21-9-7-19/h10,19H,3-9H2,1-2H3,(H,15,20)(H,16,17,18). The monoisotopic (exact) mass is 296 g/mol. The molecule has 118 valence electrons. The average molecular weight is 296 g/mol. The first-order chi connectivity index (χ1) is 10.1. The quantitative estimate of drug-likeness (QED) is 0.541. The topological polar surface area (TPSA) is 96.4 Å². The van der Waals surface area contributed by atoms with Gasteiger partial charge in [-0.2, -0.15) is 0 Å². The molecule has 0 aliphatic heterocycles. The molecule has 0 bridgehead atoms. The number of anilines is 1. The number of aliphatic hydroxyl groups is 1. The van der Waals surface area contributed by atoms with E-state index >= 15 is 0 Å². The van der Waals surface area contributed by atoms with Crippen LogP contribution in [0.1, 0.15) is 24.2 Å². The third-order valence-electron chi connectivity index (χ3n) is 2.65. The molecule has 0 spiro atoms. The summed E-state index contributed by atoms with van der Waals surface area (Å²) in [7, 11) is 0. The Balaban J connectivity index is 2.09. The van der Waals surface area contributed by atoms with E-state index in [-0.39, 0.29) is 12.5 Å². The molecule has 7 nitrogen and oxygen atoms in total. The van der Waals surface area contributed by atoms with E-state index < -0.39 is 0 Å². The summed E-state index contributed by atoms with van der Waals surface area (Å²) in [6.07, 6.45) is 1.15. The molecule has 0 aromatic carbocycles. The van der Waals surface area contributed by atoms with E-state index in [0.29, 0.717) is 45.1 Å². The van der Waals surface area contributed by atoms with Gasteiger partial charge in [-0.15, -0.1) is 0 Å². The Kier molecular flexibility index (Phi) is 8.30. The summed E-state index contributed by atoms with van der Waals surface area (Å²) in [6.45, 7) is 5.68. The highest BCUT2D eigenvalue weighted by atomic mass is 16.5. The highest BCUT2D eigenvalue weighted by Gasteiger charge is 2.02. The zero-order valence-electron chi connectivity index (χ0n) is 12.7. The molecule has 0 saturated carbocycles. The Bertz CT molecular complexity index is 420. The lowest BCUT2D eigenvalue weighted by atomic mass is 10.3. The lowest BCUT2D eigenvalue weighted by molar-refractivity contribution is -0.121. The number of carbonyl (C=O) groups excluding carboxylic acids is 1. The molecular formula is C14H24N4O3. The second kappa shape index (κ2) is 10.1. The van der Waals surface area contributed by atoms with Crippen molar-refractivity contribution < 1.29 is 14.6 Å². The predicted molar refractivity (Wildman–Crippen MR) is 80.1 cm³/mol. The number of amides is 1. The summed E-state index contributed by atoms with van der Waals surface area (Å²) in [4.78, 5) is 20.1. The smallest absolute Gasteiger partial charge is 0.223 e. The maximum Gasteiger partial charge on any atom is 0.223 e.